The molecular weight excluding hydrogens is 449 g/mol. The van der Waals surface area contributed by atoms with Crippen molar-refractivity contribution in [3.05, 3.63) is 65.9 Å². The Balaban J connectivity index is 1.55. The Morgan fingerprint density at radius 2 is 1.79 bits per heavy atom. The summed E-state index contributed by atoms with van der Waals surface area (Å²) < 4.78 is 40.2. The molecule has 1 aliphatic rings. The van der Waals surface area contributed by atoms with Crippen LogP contribution in [0.1, 0.15) is 17.0 Å². The maximum Gasteiger partial charge on any atom is 0.416 e. The second-order valence-electron chi connectivity index (χ2n) is 8.81. The lowest BCUT2D eigenvalue weighted by Gasteiger charge is -2.30. The molecule has 4 rings (SSSR count). The van der Waals surface area contributed by atoms with E-state index in [-0.39, 0.29) is 24.7 Å². The zero-order chi connectivity index (χ0) is 24.7. The third-order valence-electron chi connectivity index (χ3n) is 6.48. The molecule has 0 bridgehead atoms. The fourth-order valence-electron chi connectivity index (χ4n) is 4.82. The number of aromatic nitrogens is 1. The van der Waals surface area contributed by atoms with Crippen molar-refractivity contribution in [2.24, 2.45) is 12.5 Å². The van der Waals surface area contributed by atoms with Crippen LogP contribution in [0.25, 0.3) is 10.9 Å². The Hall–Kier alpha value is -3.53. The van der Waals surface area contributed by atoms with Crippen LogP contribution in [0.2, 0.25) is 0 Å². The summed E-state index contributed by atoms with van der Waals surface area (Å²) in [6, 6.07) is 11.1. The number of likely N-dealkylation sites (tertiary alicyclic amines) is 1. The number of carboxylic acid groups (broad SMARTS) is 1. The van der Waals surface area contributed by atoms with Crippen molar-refractivity contribution >= 4 is 28.6 Å². The number of carboxylic acids is 1. The summed E-state index contributed by atoms with van der Waals surface area (Å²) in [7, 11) is 3.74. The van der Waals surface area contributed by atoms with Crippen LogP contribution in [-0.2, 0) is 18.0 Å². The minimum atomic E-state index is -4.47. The summed E-state index contributed by atoms with van der Waals surface area (Å²) in [6.45, 7) is 0.590. The molecule has 2 amide bonds. The fraction of sp³-hybridized carbons (Fsp3) is 0.333. The number of amides is 2. The number of para-hydroxylation sites is 1. The van der Waals surface area contributed by atoms with E-state index in [0.29, 0.717) is 6.54 Å². The van der Waals surface area contributed by atoms with Gasteiger partial charge in [0.25, 0.3) is 0 Å². The van der Waals surface area contributed by atoms with Gasteiger partial charge in [-0.05, 0) is 42.9 Å². The van der Waals surface area contributed by atoms with Crippen molar-refractivity contribution in [3.8, 4) is 0 Å². The van der Waals surface area contributed by atoms with Gasteiger partial charge in [0.05, 0.1) is 5.56 Å². The van der Waals surface area contributed by atoms with Gasteiger partial charge < -0.3 is 25.2 Å². The molecule has 1 aliphatic heterocycles. The van der Waals surface area contributed by atoms with Crippen molar-refractivity contribution < 1.29 is 27.9 Å². The average Bonchev–Trinajstić information content (AvgIpc) is 3.29. The quantitative estimate of drug-likeness (QED) is 0.519. The van der Waals surface area contributed by atoms with E-state index in [2.05, 4.69) is 10.6 Å². The second-order valence-corrected chi connectivity index (χ2v) is 8.81. The van der Waals surface area contributed by atoms with Gasteiger partial charge in [0, 0.05) is 55.4 Å². The molecule has 34 heavy (non-hydrogen) atoms. The largest absolute Gasteiger partial charge is 0.481 e. The van der Waals surface area contributed by atoms with Gasteiger partial charge in [0.1, 0.15) is 5.41 Å². The van der Waals surface area contributed by atoms with Gasteiger partial charge in [0.15, 0.2) is 0 Å². The van der Waals surface area contributed by atoms with E-state index < -0.39 is 29.2 Å². The summed E-state index contributed by atoms with van der Waals surface area (Å²) in [6.07, 6.45) is -2.53. The van der Waals surface area contributed by atoms with E-state index >= 15 is 0 Å². The highest BCUT2D eigenvalue weighted by molar-refractivity contribution is 5.90. The van der Waals surface area contributed by atoms with E-state index in [4.69, 9.17) is 0 Å². The number of hydrogen-bond donors (Lipinski definition) is 3. The van der Waals surface area contributed by atoms with Crippen LogP contribution in [0.15, 0.2) is 54.7 Å². The molecule has 0 saturated carbocycles. The Kier molecular flexibility index (Phi) is 6.03. The number of rotatable bonds is 5. The minimum Gasteiger partial charge on any atom is -0.481 e. The predicted molar refractivity (Wildman–Crippen MR) is 122 cm³/mol. The monoisotopic (exact) mass is 474 g/mol. The first-order valence-corrected chi connectivity index (χ1v) is 10.7. The number of nitrogens with one attached hydrogen (secondary N) is 2. The van der Waals surface area contributed by atoms with Crippen molar-refractivity contribution in [1.29, 1.82) is 0 Å². The number of hydrogen-bond acceptors (Lipinski definition) is 3. The molecule has 180 valence electrons. The van der Waals surface area contributed by atoms with Crippen LogP contribution in [0, 0.1) is 5.41 Å². The summed E-state index contributed by atoms with van der Waals surface area (Å²) >= 11 is 0. The first kappa shape index (κ1) is 23.6. The SMILES string of the molecule is CN1C[C@@H](c2cn(C)c3ccccc23)[C@](CNC(=O)Nc2ccc(C(F)(F)F)cc2)(C(=O)O)C1. The molecular formula is C24H25F3N4O3. The van der Waals surface area contributed by atoms with E-state index in [9.17, 15) is 27.9 Å². The Labute approximate surface area is 194 Å². The summed E-state index contributed by atoms with van der Waals surface area (Å²) in [5, 5.41) is 16.4. The molecule has 7 nitrogen and oxygen atoms in total. The number of anilines is 1. The predicted octanol–water partition coefficient (Wildman–Crippen LogP) is 4.12. The second kappa shape index (κ2) is 8.68. The molecule has 1 fully saturated rings. The molecule has 0 radical (unpaired) electrons. The lowest BCUT2D eigenvalue weighted by atomic mass is 9.74. The summed E-state index contributed by atoms with van der Waals surface area (Å²) in [5.74, 6) is -1.41. The molecule has 10 heteroatoms. The van der Waals surface area contributed by atoms with Crippen LogP contribution < -0.4 is 10.6 Å². The van der Waals surface area contributed by atoms with Crippen LogP contribution in [0.3, 0.4) is 0 Å². The zero-order valence-electron chi connectivity index (χ0n) is 18.7. The Morgan fingerprint density at radius 1 is 1.12 bits per heavy atom. The maximum absolute atomic E-state index is 12.7. The molecule has 0 spiro atoms. The zero-order valence-corrected chi connectivity index (χ0v) is 18.7. The standard InChI is InChI=1S/C24H25F3N4O3/c1-30-12-19(18-11-31(2)20-6-4-3-5-17(18)20)23(14-30,21(32)33)13-28-22(34)29-16-9-7-15(8-10-16)24(25,26)27/h3-11,19H,12-14H2,1-2H3,(H,32,33)(H2,28,29,34)/t19-,23+/m0/s1. The smallest absolute Gasteiger partial charge is 0.416 e. The molecule has 3 aromatic rings. The molecule has 0 aliphatic carbocycles. The number of carbonyl (C=O) groups excluding carboxylic acids is 1. The number of urea groups is 1. The van der Waals surface area contributed by atoms with Crippen LogP contribution in [0.4, 0.5) is 23.7 Å². The van der Waals surface area contributed by atoms with E-state index in [1.165, 1.54) is 0 Å². The van der Waals surface area contributed by atoms with E-state index in [1.54, 1.807) is 0 Å². The van der Waals surface area contributed by atoms with Gasteiger partial charge in [0.2, 0.25) is 0 Å². The molecule has 1 saturated heterocycles. The van der Waals surface area contributed by atoms with Crippen molar-refractivity contribution in [2.75, 3.05) is 32.0 Å². The van der Waals surface area contributed by atoms with Gasteiger partial charge in [-0.15, -0.1) is 0 Å². The van der Waals surface area contributed by atoms with Gasteiger partial charge >= 0.3 is 18.2 Å². The highest BCUT2D eigenvalue weighted by atomic mass is 19.4. The number of benzene rings is 2. The molecule has 2 heterocycles. The number of halogens is 3. The van der Waals surface area contributed by atoms with Crippen LogP contribution in [0.5, 0.6) is 0 Å². The van der Waals surface area contributed by atoms with Gasteiger partial charge in [-0.25, -0.2) is 4.79 Å². The Bertz CT molecular complexity index is 1220. The topological polar surface area (TPSA) is 86.6 Å². The van der Waals surface area contributed by atoms with Crippen molar-refractivity contribution in [3.63, 3.8) is 0 Å². The normalized spacial score (nSPS) is 21.0. The lowest BCUT2D eigenvalue weighted by molar-refractivity contribution is -0.148. The van der Waals surface area contributed by atoms with Crippen molar-refractivity contribution in [2.45, 2.75) is 12.1 Å². The maximum atomic E-state index is 12.7. The lowest BCUT2D eigenvalue weighted by Crippen LogP contribution is -2.48. The van der Waals surface area contributed by atoms with E-state index in [0.717, 1.165) is 40.7 Å². The summed E-state index contributed by atoms with van der Waals surface area (Å²) in [5.41, 5.74) is -0.0514. The highest BCUT2D eigenvalue weighted by Crippen LogP contribution is 2.45. The average molecular weight is 474 g/mol. The third kappa shape index (κ3) is 4.33. The molecule has 2 aromatic carbocycles. The molecule has 1 aromatic heterocycles. The van der Waals surface area contributed by atoms with Gasteiger partial charge in [-0.1, -0.05) is 18.2 Å². The number of alkyl halides is 3. The molecule has 2 atom stereocenters. The highest BCUT2D eigenvalue weighted by Gasteiger charge is 2.53. The first-order valence-electron chi connectivity index (χ1n) is 10.7. The van der Waals surface area contributed by atoms with Gasteiger partial charge in [-0.2, -0.15) is 13.2 Å². The van der Waals surface area contributed by atoms with Crippen molar-refractivity contribution in [1.82, 2.24) is 14.8 Å². The number of aliphatic carboxylic acids is 1. The Morgan fingerprint density at radius 3 is 2.44 bits per heavy atom. The van der Waals surface area contributed by atoms with Crippen LogP contribution >= 0.6 is 0 Å². The summed E-state index contributed by atoms with van der Waals surface area (Å²) in [4.78, 5) is 27.0. The van der Waals surface area contributed by atoms with E-state index in [1.807, 2.05) is 54.0 Å². The number of carbonyl (C=O) groups is 2. The molecule has 0 unspecified atom stereocenters. The number of aryl methyl sites for hydroxylation is 1. The fourth-order valence-corrected chi connectivity index (χ4v) is 4.82. The number of fused-ring (bicyclic) bond motifs is 1. The molecule has 3 N–H and O–H groups in total. The first-order chi connectivity index (χ1) is 16.0. The van der Waals surface area contributed by atoms with Gasteiger partial charge in [-0.3, -0.25) is 4.79 Å². The minimum absolute atomic E-state index is 0.146. The number of likely N-dealkylation sites (N-methyl/N-ethyl adjacent to an activating group) is 1. The third-order valence-corrected chi connectivity index (χ3v) is 6.48. The van der Waals surface area contributed by atoms with Crippen LogP contribution in [-0.4, -0.2) is 53.3 Å². The number of nitrogens with zero attached hydrogens (tertiary/aromatic N) is 2.